The van der Waals surface area contributed by atoms with Crippen molar-refractivity contribution in [1.82, 2.24) is 0 Å². The number of unbranched alkanes of at least 4 members (excludes halogenated alkanes) is 1. The largest absolute Gasteiger partial charge is 0.397 e. The van der Waals surface area contributed by atoms with Crippen LogP contribution in [0.15, 0.2) is 54.6 Å². The number of benzene rings is 2. The third-order valence-electron chi connectivity index (χ3n) is 3.65. The summed E-state index contributed by atoms with van der Waals surface area (Å²) in [7, 11) is 0. The topological polar surface area (TPSA) is 29.3 Å². The number of aryl methyl sites for hydroxylation is 1. The molecule has 2 heteroatoms. The molecule has 0 saturated heterocycles. The lowest BCUT2D eigenvalue weighted by molar-refractivity contribution is 0.697. The Kier molecular flexibility index (Phi) is 5.48. The van der Waals surface area contributed by atoms with Gasteiger partial charge in [-0.1, -0.05) is 42.5 Å². The first-order valence-corrected chi connectivity index (χ1v) is 7.44. The monoisotopic (exact) mass is 268 g/mol. The highest BCUT2D eigenvalue weighted by Crippen LogP contribution is 2.22. The molecule has 2 rings (SSSR count). The molecule has 0 radical (unpaired) electrons. The Morgan fingerprint density at radius 1 is 0.900 bits per heavy atom. The van der Waals surface area contributed by atoms with Crippen LogP contribution in [0.3, 0.4) is 0 Å². The molecule has 2 nitrogen and oxygen atoms in total. The minimum absolute atomic E-state index is 0.873. The fourth-order valence-corrected chi connectivity index (χ4v) is 2.50. The van der Waals surface area contributed by atoms with Crippen LogP contribution in [-0.4, -0.2) is 13.1 Å². The number of hydrogen-bond acceptors (Lipinski definition) is 2. The van der Waals surface area contributed by atoms with E-state index in [0.717, 1.165) is 30.9 Å². The van der Waals surface area contributed by atoms with Crippen molar-refractivity contribution in [2.24, 2.45) is 0 Å². The molecule has 0 amide bonds. The lowest BCUT2D eigenvalue weighted by Gasteiger charge is -2.24. The molecule has 2 aromatic rings. The minimum atomic E-state index is 0.873. The molecule has 0 fully saturated rings. The number of nitrogens with zero attached hydrogens (tertiary/aromatic N) is 1. The third kappa shape index (κ3) is 4.02. The Labute approximate surface area is 122 Å². The number of rotatable bonds is 7. The summed E-state index contributed by atoms with van der Waals surface area (Å²) in [6, 6.07) is 18.8. The van der Waals surface area contributed by atoms with Gasteiger partial charge in [0.1, 0.15) is 0 Å². The maximum atomic E-state index is 6.05. The van der Waals surface area contributed by atoms with Crippen molar-refractivity contribution in [2.75, 3.05) is 23.7 Å². The summed E-state index contributed by atoms with van der Waals surface area (Å²) in [6.07, 6.45) is 3.56. The molecule has 0 atom stereocenters. The van der Waals surface area contributed by atoms with Crippen LogP contribution < -0.4 is 10.6 Å². The summed E-state index contributed by atoms with van der Waals surface area (Å²) in [6.45, 7) is 4.25. The predicted molar refractivity (Wildman–Crippen MR) is 88.1 cm³/mol. The van der Waals surface area contributed by atoms with Gasteiger partial charge in [-0.25, -0.2) is 0 Å². The zero-order chi connectivity index (χ0) is 14.2. The second-order valence-electron chi connectivity index (χ2n) is 5.08. The number of hydrogen-bond donors (Lipinski definition) is 1. The second kappa shape index (κ2) is 7.59. The van der Waals surface area contributed by atoms with E-state index in [2.05, 4.69) is 54.3 Å². The van der Waals surface area contributed by atoms with Gasteiger partial charge in [-0.2, -0.15) is 0 Å². The van der Waals surface area contributed by atoms with E-state index in [1.807, 2.05) is 12.1 Å². The summed E-state index contributed by atoms with van der Waals surface area (Å²) in [4.78, 5) is 2.36. The molecule has 0 aliphatic carbocycles. The van der Waals surface area contributed by atoms with Gasteiger partial charge >= 0.3 is 0 Å². The second-order valence-corrected chi connectivity index (χ2v) is 5.08. The van der Waals surface area contributed by atoms with Gasteiger partial charge in [0.05, 0.1) is 11.4 Å². The van der Waals surface area contributed by atoms with Crippen molar-refractivity contribution in [3.63, 3.8) is 0 Å². The van der Waals surface area contributed by atoms with Crippen LogP contribution in [0.25, 0.3) is 0 Å². The summed E-state index contributed by atoms with van der Waals surface area (Å²) >= 11 is 0. The van der Waals surface area contributed by atoms with E-state index in [0.29, 0.717) is 0 Å². The smallest absolute Gasteiger partial charge is 0.0599 e. The highest BCUT2D eigenvalue weighted by molar-refractivity contribution is 5.67. The average molecular weight is 268 g/mol. The van der Waals surface area contributed by atoms with Gasteiger partial charge < -0.3 is 10.6 Å². The van der Waals surface area contributed by atoms with Crippen LogP contribution in [0.4, 0.5) is 11.4 Å². The molecular formula is C18H24N2. The van der Waals surface area contributed by atoms with Crippen LogP contribution in [0, 0.1) is 0 Å². The minimum Gasteiger partial charge on any atom is -0.397 e. The zero-order valence-corrected chi connectivity index (χ0v) is 12.3. The highest BCUT2D eigenvalue weighted by atomic mass is 15.1. The Balaban J connectivity index is 1.81. The fourth-order valence-electron chi connectivity index (χ4n) is 2.50. The van der Waals surface area contributed by atoms with Gasteiger partial charge in [-0.3, -0.25) is 0 Å². The van der Waals surface area contributed by atoms with Gasteiger partial charge in [0.15, 0.2) is 0 Å². The van der Waals surface area contributed by atoms with Crippen LogP contribution in [0.1, 0.15) is 25.3 Å². The van der Waals surface area contributed by atoms with E-state index < -0.39 is 0 Å². The van der Waals surface area contributed by atoms with E-state index in [4.69, 9.17) is 5.73 Å². The van der Waals surface area contributed by atoms with E-state index in [1.54, 1.807) is 0 Å². The molecule has 2 aromatic carbocycles. The molecule has 20 heavy (non-hydrogen) atoms. The Hall–Kier alpha value is -1.96. The Morgan fingerprint density at radius 3 is 2.30 bits per heavy atom. The van der Waals surface area contributed by atoms with Gasteiger partial charge in [-0.05, 0) is 43.9 Å². The van der Waals surface area contributed by atoms with Crippen molar-refractivity contribution < 1.29 is 0 Å². The summed E-state index contributed by atoms with van der Waals surface area (Å²) < 4.78 is 0. The predicted octanol–water partition coefficient (Wildman–Crippen LogP) is 4.12. The maximum Gasteiger partial charge on any atom is 0.0599 e. The zero-order valence-electron chi connectivity index (χ0n) is 12.3. The molecule has 0 saturated carbocycles. The molecule has 0 heterocycles. The van der Waals surface area contributed by atoms with Crippen LogP contribution >= 0.6 is 0 Å². The molecule has 0 spiro atoms. The standard InChI is InChI=1S/C18H24N2/c1-2-20(18-14-7-6-13-17(18)19)15-9-8-12-16-10-4-3-5-11-16/h3-7,10-11,13-14H,2,8-9,12,15,19H2,1H3. The molecule has 0 aliphatic heterocycles. The van der Waals surface area contributed by atoms with Crippen molar-refractivity contribution >= 4 is 11.4 Å². The molecule has 0 aliphatic rings. The van der Waals surface area contributed by atoms with Gasteiger partial charge in [0, 0.05) is 13.1 Å². The van der Waals surface area contributed by atoms with Crippen molar-refractivity contribution in [2.45, 2.75) is 26.2 Å². The molecule has 0 unspecified atom stereocenters. The van der Waals surface area contributed by atoms with Crippen LogP contribution in [0.2, 0.25) is 0 Å². The van der Waals surface area contributed by atoms with Crippen molar-refractivity contribution in [3.05, 3.63) is 60.2 Å². The van der Waals surface area contributed by atoms with E-state index in [-0.39, 0.29) is 0 Å². The molecule has 2 N–H and O–H groups in total. The lowest BCUT2D eigenvalue weighted by atomic mass is 10.1. The van der Waals surface area contributed by atoms with E-state index in [1.165, 1.54) is 18.4 Å². The van der Waals surface area contributed by atoms with E-state index >= 15 is 0 Å². The molecule has 0 bridgehead atoms. The SMILES string of the molecule is CCN(CCCCc1ccccc1)c1ccccc1N. The van der Waals surface area contributed by atoms with E-state index in [9.17, 15) is 0 Å². The normalized spacial score (nSPS) is 10.4. The average Bonchev–Trinajstić information content (AvgIpc) is 2.50. The van der Waals surface area contributed by atoms with Gasteiger partial charge in [0.25, 0.3) is 0 Å². The number of nitrogen functional groups attached to an aromatic ring is 1. The number of anilines is 2. The fraction of sp³-hybridized carbons (Fsp3) is 0.333. The number of nitrogens with two attached hydrogens (primary N) is 1. The first-order valence-electron chi connectivity index (χ1n) is 7.44. The third-order valence-corrected chi connectivity index (χ3v) is 3.65. The van der Waals surface area contributed by atoms with Crippen molar-refractivity contribution in [3.8, 4) is 0 Å². The maximum absolute atomic E-state index is 6.05. The lowest BCUT2D eigenvalue weighted by Crippen LogP contribution is -2.24. The number of para-hydroxylation sites is 2. The summed E-state index contributed by atoms with van der Waals surface area (Å²) in [5.74, 6) is 0. The first-order chi connectivity index (χ1) is 9.81. The summed E-state index contributed by atoms with van der Waals surface area (Å²) in [5.41, 5.74) is 9.51. The first kappa shape index (κ1) is 14.4. The Bertz CT molecular complexity index is 508. The quantitative estimate of drug-likeness (QED) is 0.604. The van der Waals surface area contributed by atoms with Gasteiger partial charge in [-0.15, -0.1) is 0 Å². The summed E-state index contributed by atoms with van der Waals surface area (Å²) in [5, 5.41) is 0. The molecule has 106 valence electrons. The highest BCUT2D eigenvalue weighted by Gasteiger charge is 2.06. The van der Waals surface area contributed by atoms with Crippen molar-refractivity contribution in [1.29, 1.82) is 0 Å². The molecular weight excluding hydrogens is 244 g/mol. The van der Waals surface area contributed by atoms with Crippen LogP contribution in [0.5, 0.6) is 0 Å². The van der Waals surface area contributed by atoms with Crippen LogP contribution in [-0.2, 0) is 6.42 Å². The van der Waals surface area contributed by atoms with Gasteiger partial charge in [0.2, 0.25) is 0 Å². The molecule has 0 aromatic heterocycles. The Morgan fingerprint density at radius 2 is 1.60 bits per heavy atom.